The lowest BCUT2D eigenvalue weighted by molar-refractivity contribution is -0.162. The van der Waals surface area contributed by atoms with Crippen LogP contribution in [0.25, 0.3) is 0 Å². The molecule has 0 radical (unpaired) electrons. The maximum atomic E-state index is 11.2. The highest BCUT2D eigenvalue weighted by atomic mass is 16.4. The maximum Gasteiger partial charge on any atom is 0.310 e. The van der Waals surface area contributed by atoms with Crippen LogP contribution in [0.15, 0.2) is 0 Å². The third-order valence-corrected chi connectivity index (χ3v) is 2.90. The van der Waals surface area contributed by atoms with Gasteiger partial charge in [0.05, 0.1) is 11.8 Å². The Morgan fingerprint density at radius 1 is 1.07 bits per heavy atom. The van der Waals surface area contributed by atoms with E-state index in [0.29, 0.717) is 0 Å². The monoisotopic (exact) mass is 202 g/mol. The molecular formula is C10H18O4. The van der Waals surface area contributed by atoms with E-state index in [1.54, 1.807) is 27.7 Å². The molecule has 14 heavy (non-hydrogen) atoms. The molecule has 0 amide bonds. The molecule has 4 heteroatoms. The van der Waals surface area contributed by atoms with Gasteiger partial charge in [-0.1, -0.05) is 27.7 Å². The first kappa shape index (κ1) is 12.9. The summed E-state index contributed by atoms with van der Waals surface area (Å²) in [5.74, 6) is -2.48. The molecular weight excluding hydrogens is 184 g/mol. The summed E-state index contributed by atoms with van der Waals surface area (Å²) in [5.41, 5.74) is -1.16. The minimum absolute atomic E-state index is 0.198. The molecule has 0 aliphatic carbocycles. The summed E-state index contributed by atoms with van der Waals surface area (Å²) < 4.78 is 0. The zero-order valence-electron chi connectivity index (χ0n) is 9.07. The van der Waals surface area contributed by atoms with E-state index in [-0.39, 0.29) is 18.3 Å². The summed E-state index contributed by atoms with van der Waals surface area (Å²) in [6.45, 7) is 6.99. The minimum Gasteiger partial charge on any atom is -0.481 e. The van der Waals surface area contributed by atoms with Crippen molar-refractivity contribution in [2.75, 3.05) is 0 Å². The molecule has 0 saturated heterocycles. The Morgan fingerprint density at radius 3 is 1.50 bits per heavy atom. The first-order valence-electron chi connectivity index (χ1n) is 4.70. The van der Waals surface area contributed by atoms with Gasteiger partial charge >= 0.3 is 11.9 Å². The molecule has 0 spiro atoms. The minimum atomic E-state index is -1.16. The average Bonchev–Trinajstić information content (AvgIpc) is 1.97. The summed E-state index contributed by atoms with van der Waals surface area (Å²) in [6.07, 6.45) is -0.322. The Kier molecular flexibility index (Phi) is 4.10. The van der Waals surface area contributed by atoms with E-state index in [9.17, 15) is 9.59 Å². The fourth-order valence-electron chi connectivity index (χ4n) is 1.89. The fraction of sp³-hybridized carbons (Fsp3) is 0.800. The van der Waals surface area contributed by atoms with Gasteiger partial charge in [0.2, 0.25) is 0 Å². The lowest BCUT2D eigenvalue weighted by Crippen LogP contribution is -2.43. The van der Waals surface area contributed by atoms with Crippen LogP contribution in [-0.2, 0) is 9.59 Å². The van der Waals surface area contributed by atoms with Crippen molar-refractivity contribution in [3.05, 3.63) is 0 Å². The SMILES string of the molecule is CC(C)C(CC(=O)O)(C(=O)O)C(C)C. The number of hydrogen-bond acceptors (Lipinski definition) is 2. The van der Waals surface area contributed by atoms with Crippen molar-refractivity contribution in [1.82, 2.24) is 0 Å². The van der Waals surface area contributed by atoms with Crippen molar-refractivity contribution in [3.63, 3.8) is 0 Å². The van der Waals surface area contributed by atoms with Gasteiger partial charge in [-0.25, -0.2) is 0 Å². The fourth-order valence-corrected chi connectivity index (χ4v) is 1.89. The van der Waals surface area contributed by atoms with E-state index in [1.165, 1.54) is 0 Å². The van der Waals surface area contributed by atoms with E-state index < -0.39 is 17.4 Å². The molecule has 0 fully saturated rings. The van der Waals surface area contributed by atoms with Gasteiger partial charge in [-0.15, -0.1) is 0 Å². The highest BCUT2D eigenvalue weighted by Crippen LogP contribution is 2.39. The molecule has 0 aromatic rings. The smallest absolute Gasteiger partial charge is 0.310 e. The second-order valence-electron chi connectivity index (χ2n) is 4.23. The number of carboxylic acids is 2. The zero-order chi connectivity index (χ0) is 11.5. The van der Waals surface area contributed by atoms with Crippen molar-refractivity contribution < 1.29 is 19.8 Å². The average molecular weight is 202 g/mol. The Hall–Kier alpha value is -1.06. The molecule has 0 rings (SSSR count). The van der Waals surface area contributed by atoms with Gasteiger partial charge < -0.3 is 10.2 Å². The Labute approximate surface area is 83.9 Å². The van der Waals surface area contributed by atoms with Crippen LogP contribution in [0.5, 0.6) is 0 Å². The molecule has 0 heterocycles. The molecule has 82 valence electrons. The largest absolute Gasteiger partial charge is 0.481 e. The summed E-state index contributed by atoms with van der Waals surface area (Å²) >= 11 is 0. The summed E-state index contributed by atoms with van der Waals surface area (Å²) in [4.78, 5) is 21.8. The van der Waals surface area contributed by atoms with Crippen LogP contribution in [0.1, 0.15) is 34.1 Å². The third-order valence-electron chi connectivity index (χ3n) is 2.90. The second-order valence-corrected chi connectivity index (χ2v) is 4.23. The van der Waals surface area contributed by atoms with E-state index in [2.05, 4.69) is 0 Å². The van der Waals surface area contributed by atoms with Gasteiger partial charge in [-0.3, -0.25) is 9.59 Å². The molecule has 0 aliphatic rings. The van der Waals surface area contributed by atoms with Crippen LogP contribution in [-0.4, -0.2) is 22.2 Å². The molecule has 0 aromatic heterocycles. The molecule has 4 nitrogen and oxygen atoms in total. The molecule has 0 atom stereocenters. The predicted octanol–water partition coefficient (Wildman–Crippen LogP) is 1.84. The zero-order valence-corrected chi connectivity index (χ0v) is 9.07. The van der Waals surface area contributed by atoms with Crippen LogP contribution >= 0.6 is 0 Å². The number of carboxylic acid groups (broad SMARTS) is 2. The van der Waals surface area contributed by atoms with Gasteiger partial charge in [-0.05, 0) is 11.8 Å². The first-order valence-corrected chi connectivity index (χ1v) is 4.70. The van der Waals surface area contributed by atoms with Crippen LogP contribution < -0.4 is 0 Å². The highest BCUT2D eigenvalue weighted by Gasteiger charge is 2.46. The van der Waals surface area contributed by atoms with Crippen LogP contribution in [0, 0.1) is 17.3 Å². The van der Waals surface area contributed by atoms with Gasteiger partial charge in [0.15, 0.2) is 0 Å². The third kappa shape index (κ3) is 2.25. The van der Waals surface area contributed by atoms with Crippen LogP contribution in [0.4, 0.5) is 0 Å². The van der Waals surface area contributed by atoms with Gasteiger partial charge in [0, 0.05) is 0 Å². The number of carbonyl (C=O) groups is 2. The standard InChI is InChI=1S/C10H18O4/c1-6(2)10(7(3)4,9(13)14)5-8(11)12/h6-7H,5H2,1-4H3,(H,11,12)(H,13,14). The molecule has 0 unspecified atom stereocenters. The van der Waals surface area contributed by atoms with Crippen molar-refractivity contribution in [2.24, 2.45) is 17.3 Å². The second kappa shape index (κ2) is 4.44. The van der Waals surface area contributed by atoms with Crippen molar-refractivity contribution >= 4 is 11.9 Å². The lowest BCUT2D eigenvalue weighted by atomic mass is 9.67. The van der Waals surface area contributed by atoms with E-state index in [1.807, 2.05) is 0 Å². The quantitative estimate of drug-likeness (QED) is 0.713. The van der Waals surface area contributed by atoms with Gasteiger partial charge in [0.1, 0.15) is 0 Å². The summed E-state index contributed by atoms with van der Waals surface area (Å²) in [6, 6.07) is 0. The normalized spacial score (nSPS) is 12.1. The predicted molar refractivity (Wildman–Crippen MR) is 52.0 cm³/mol. The molecule has 0 bridgehead atoms. The Balaban J connectivity index is 5.16. The van der Waals surface area contributed by atoms with E-state index in [0.717, 1.165) is 0 Å². The molecule has 0 aliphatic heterocycles. The highest BCUT2D eigenvalue weighted by molar-refractivity contribution is 5.82. The topological polar surface area (TPSA) is 74.6 Å². The molecule has 2 N–H and O–H groups in total. The van der Waals surface area contributed by atoms with Crippen LogP contribution in [0.3, 0.4) is 0 Å². The van der Waals surface area contributed by atoms with Crippen molar-refractivity contribution in [1.29, 1.82) is 0 Å². The molecule has 0 saturated carbocycles. The van der Waals surface area contributed by atoms with Gasteiger partial charge in [0.25, 0.3) is 0 Å². The number of rotatable bonds is 5. The lowest BCUT2D eigenvalue weighted by Gasteiger charge is -2.35. The summed E-state index contributed by atoms with van der Waals surface area (Å²) in [7, 11) is 0. The van der Waals surface area contributed by atoms with Crippen molar-refractivity contribution in [2.45, 2.75) is 34.1 Å². The maximum absolute atomic E-state index is 11.2. The number of hydrogen-bond donors (Lipinski definition) is 2. The number of aliphatic carboxylic acids is 2. The van der Waals surface area contributed by atoms with E-state index in [4.69, 9.17) is 10.2 Å². The van der Waals surface area contributed by atoms with Crippen molar-refractivity contribution in [3.8, 4) is 0 Å². The van der Waals surface area contributed by atoms with Gasteiger partial charge in [-0.2, -0.15) is 0 Å². The Morgan fingerprint density at radius 2 is 1.43 bits per heavy atom. The summed E-state index contributed by atoms with van der Waals surface area (Å²) in [5, 5.41) is 17.9. The first-order chi connectivity index (χ1) is 6.25. The molecule has 0 aromatic carbocycles. The van der Waals surface area contributed by atoms with E-state index >= 15 is 0 Å². The van der Waals surface area contributed by atoms with Crippen LogP contribution in [0.2, 0.25) is 0 Å². The Bertz CT molecular complexity index is 222.